The van der Waals surface area contributed by atoms with E-state index in [2.05, 4.69) is 49.9 Å². The molecule has 2 aliphatic heterocycles. The number of halogens is 1. The van der Waals surface area contributed by atoms with Crippen molar-refractivity contribution in [2.45, 2.75) is 39.7 Å². The first-order valence-corrected chi connectivity index (χ1v) is 11.7. The minimum atomic E-state index is -0.505. The van der Waals surface area contributed by atoms with Crippen LogP contribution < -0.4 is 4.74 Å². The van der Waals surface area contributed by atoms with E-state index in [0.29, 0.717) is 30.2 Å². The highest BCUT2D eigenvalue weighted by Crippen LogP contribution is 2.46. The van der Waals surface area contributed by atoms with Crippen LogP contribution in [0.2, 0.25) is 0 Å². The summed E-state index contributed by atoms with van der Waals surface area (Å²) in [7, 11) is 0. The van der Waals surface area contributed by atoms with E-state index in [-0.39, 0.29) is 43.6 Å². The summed E-state index contributed by atoms with van der Waals surface area (Å²) in [5, 5.41) is 9.22. The summed E-state index contributed by atoms with van der Waals surface area (Å²) in [6.07, 6.45) is 2.51. The Kier molecular flexibility index (Phi) is 7.80. The molecule has 0 saturated carbocycles. The van der Waals surface area contributed by atoms with Crippen LogP contribution in [0.15, 0.2) is 42.1 Å². The van der Waals surface area contributed by atoms with Gasteiger partial charge in [-0.05, 0) is 58.5 Å². The van der Waals surface area contributed by atoms with Gasteiger partial charge in [0.2, 0.25) is 5.91 Å². The normalized spacial score (nSPS) is 22.8. The van der Waals surface area contributed by atoms with Gasteiger partial charge in [-0.2, -0.15) is 0 Å². The van der Waals surface area contributed by atoms with Crippen molar-refractivity contribution in [3.8, 4) is 5.75 Å². The number of nitrogens with zero attached hydrogens (tertiary/aromatic N) is 1. The quantitative estimate of drug-likeness (QED) is 0.294. The summed E-state index contributed by atoms with van der Waals surface area (Å²) in [6.45, 7) is 10.3. The Morgan fingerprint density at radius 3 is 2.81 bits per heavy atom. The maximum atomic E-state index is 12.9. The number of ether oxygens (including phenoxy) is 2. The Morgan fingerprint density at radius 2 is 2.16 bits per heavy atom. The molecule has 0 aromatic heterocycles. The summed E-state index contributed by atoms with van der Waals surface area (Å²) in [5.41, 5.74) is 2.10. The molecule has 3 atom stereocenters. The van der Waals surface area contributed by atoms with E-state index >= 15 is 0 Å². The second-order valence-electron chi connectivity index (χ2n) is 8.44. The maximum Gasteiger partial charge on any atom is 0.355 e. The highest BCUT2D eigenvalue weighted by molar-refractivity contribution is 14.1. The Balaban J connectivity index is 1.93. The van der Waals surface area contributed by atoms with Gasteiger partial charge in [-0.15, -0.1) is 0 Å². The molecule has 0 spiro atoms. The molecule has 1 aromatic carbocycles. The van der Waals surface area contributed by atoms with Gasteiger partial charge in [-0.3, -0.25) is 4.79 Å². The topological polar surface area (TPSA) is 76.1 Å². The SMILES string of the molecule is C=CCOC(=O)C1=C(COc2cc(CCO)ccc2I)[C@H](C)[C@@H]2[C@H](C(C)C)CC(=O)N12. The van der Waals surface area contributed by atoms with Gasteiger partial charge < -0.3 is 19.5 Å². The van der Waals surface area contributed by atoms with Crippen LogP contribution in [0.3, 0.4) is 0 Å². The Bertz CT molecular complexity index is 894. The van der Waals surface area contributed by atoms with Crippen molar-refractivity contribution < 1.29 is 24.2 Å². The van der Waals surface area contributed by atoms with Crippen LogP contribution >= 0.6 is 22.6 Å². The number of carbonyl (C=O) groups is 2. The predicted molar refractivity (Wildman–Crippen MR) is 126 cm³/mol. The van der Waals surface area contributed by atoms with Crippen LogP contribution in [0.4, 0.5) is 0 Å². The largest absolute Gasteiger partial charge is 0.488 e. The van der Waals surface area contributed by atoms with Gasteiger partial charge in [-0.1, -0.05) is 39.5 Å². The lowest BCUT2D eigenvalue weighted by Gasteiger charge is -2.28. The molecule has 2 aliphatic rings. The molecule has 31 heavy (non-hydrogen) atoms. The number of hydrogen-bond donors (Lipinski definition) is 1. The van der Waals surface area contributed by atoms with Crippen LogP contribution in [0, 0.1) is 21.3 Å². The van der Waals surface area contributed by atoms with Gasteiger partial charge in [0.05, 0.1) is 3.57 Å². The molecule has 1 N–H and O–H groups in total. The Morgan fingerprint density at radius 1 is 1.42 bits per heavy atom. The molecule has 1 amide bonds. The molecule has 0 unspecified atom stereocenters. The predicted octanol–water partition coefficient (Wildman–Crippen LogP) is 3.71. The second-order valence-corrected chi connectivity index (χ2v) is 9.61. The van der Waals surface area contributed by atoms with E-state index in [1.807, 2.05) is 18.2 Å². The molecule has 3 rings (SSSR count). The number of fused-ring (bicyclic) bond motifs is 1. The van der Waals surface area contributed by atoms with E-state index in [1.54, 1.807) is 4.90 Å². The number of aliphatic hydroxyl groups is 1. The standard InChI is InChI=1S/C24H30INO5/c1-5-10-30-24(29)23-18(13-31-20-11-16(8-9-27)6-7-19(20)25)15(4)22-17(14(2)3)12-21(28)26(22)23/h5-7,11,14-15,17,22,27H,1,8-10,12-13H2,2-4H3/t15-,17-,22+/m0/s1. The van der Waals surface area contributed by atoms with Crippen molar-refractivity contribution >= 4 is 34.5 Å². The van der Waals surface area contributed by atoms with E-state index in [9.17, 15) is 14.7 Å². The summed E-state index contributed by atoms with van der Waals surface area (Å²) in [4.78, 5) is 27.5. The van der Waals surface area contributed by atoms with Crippen molar-refractivity contribution in [3.05, 3.63) is 51.3 Å². The first-order chi connectivity index (χ1) is 14.8. The van der Waals surface area contributed by atoms with Gasteiger partial charge >= 0.3 is 5.97 Å². The smallest absolute Gasteiger partial charge is 0.355 e. The summed E-state index contributed by atoms with van der Waals surface area (Å²) < 4.78 is 12.4. The number of rotatable bonds is 9. The van der Waals surface area contributed by atoms with Crippen molar-refractivity contribution in [2.75, 3.05) is 19.8 Å². The number of aliphatic hydroxyl groups excluding tert-OH is 1. The number of benzene rings is 1. The third-order valence-corrected chi connectivity index (χ3v) is 7.08. The monoisotopic (exact) mass is 539 g/mol. The van der Waals surface area contributed by atoms with Gasteiger partial charge in [0.15, 0.2) is 0 Å². The zero-order chi connectivity index (χ0) is 22.7. The second kappa shape index (κ2) is 10.2. The van der Waals surface area contributed by atoms with Crippen molar-refractivity contribution in [2.24, 2.45) is 17.8 Å². The van der Waals surface area contributed by atoms with E-state index < -0.39 is 5.97 Å². The van der Waals surface area contributed by atoms with Gasteiger partial charge in [0, 0.05) is 30.6 Å². The molecule has 1 fully saturated rings. The molecular formula is C24H30INO5. The lowest BCUT2D eigenvalue weighted by atomic mass is 9.81. The molecule has 6 nitrogen and oxygen atoms in total. The number of amides is 1. The van der Waals surface area contributed by atoms with Gasteiger partial charge in [0.25, 0.3) is 0 Å². The molecule has 2 heterocycles. The number of esters is 1. The van der Waals surface area contributed by atoms with Crippen molar-refractivity contribution in [1.82, 2.24) is 4.90 Å². The fraction of sp³-hybridized carbons (Fsp3) is 0.500. The fourth-order valence-corrected chi connectivity index (χ4v) is 5.08. The maximum absolute atomic E-state index is 12.9. The van der Waals surface area contributed by atoms with Crippen molar-refractivity contribution in [3.63, 3.8) is 0 Å². The molecule has 0 bridgehead atoms. The zero-order valence-electron chi connectivity index (χ0n) is 18.3. The van der Waals surface area contributed by atoms with Crippen LogP contribution in [-0.4, -0.2) is 47.7 Å². The lowest BCUT2D eigenvalue weighted by molar-refractivity contribution is -0.142. The molecule has 7 heteroatoms. The van der Waals surface area contributed by atoms with Gasteiger partial charge in [0.1, 0.15) is 24.7 Å². The minimum absolute atomic E-state index is 0.0107. The molecule has 1 aromatic rings. The number of hydrogen-bond acceptors (Lipinski definition) is 5. The Hall–Kier alpha value is -1.87. The molecular weight excluding hydrogens is 509 g/mol. The molecule has 0 aliphatic carbocycles. The zero-order valence-corrected chi connectivity index (χ0v) is 20.4. The van der Waals surface area contributed by atoms with Crippen LogP contribution in [0.5, 0.6) is 5.75 Å². The van der Waals surface area contributed by atoms with E-state index in [1.165, 1.54) is 6.08 Å². The van der Waals surface area contributed by atoms with Crippen LogP contribution in [0.25, 0.3) is 0 Å². The number of carbonyl (C=O) groups excluding carboxylic acids is 2. The average molecular weight is 539 g/mol. The molecule has 0 radical (unpaired) electrons. The third-order valence-electron chi connectivity index (χ3n) is 6.18. The van der Waals surface area contributed by atoms with E-state index in [0.717, 1.165) is 14.7 Å². The first kappa shape index (κ1) is 23.8. The fourth-order valence-electron chi connectivity index (χ4n) is 4.58. The molecule has 1 saturated heterocycles. The van der Waals surface area contributed by atoms with Crippen LogP contribution in [0.1, 0.15) is 32.8 Å². The average Bonchev–Trinajstić information content (AvgIpc) is 3.22. The minimum Gasteiger partial charge on any atom is -0.488 e. The van der Waals surface area contributed by atoms with Crippen LogP contribution in [-0.2, 0) is 20.7 Å². The third kappa shape index (κ3) is 4.82. The highest BCUT2D eigenvalue weighted by Gasteiger charge is 2.53. The highest BCUT2D eigenvalue weighted by atomic mass is 127. The summed E-state index contributed by atoms with van der Waals surface area (Å²) in [6, 6.07) is 5.76. The summed E-state index contributed by atoms with van der Waals surface area (Å²) >= 11 is 2.21. The first-order valence-electron chi connectivity index (χ1n) is 10.6. The van der Waals surface area contributed by atoms with Gasteiger partial charge in [-0.25, -0.2) is 4.79 Å². The van der Waals surface area contributed by atoms with Crippen molar-refractivity contribution in [1.29, 1.82) is 0 Å². The summed E-state index contributed by atoms with van der Waals surface area (Å²) in [5.74, 6) is 0.649. The van der Waals surface area contributed by atoms with E-state index in [4.69, 9.17) is 9.47 Å². The Labute approximate surface area is 197 Å². The lowest BCUT2D eigenvalue weighted by Crippen LogP contribution is -2.37. The molecule has 168 valence electrons.